The number of nitriles is 1. The standard InChI is InChI=1S/C25H30N6O2/c1-14(2)31-23-21(13-28-31)19(10-22(30-23)18-7-5-17(11-26)6-8-18)24(32)27-12-20-15(3)9-16(4)29-25(20)33/h5-8,10,14-16,20,28H,9,12-13H2,1-4H3,(H,27,32)(H,29,33). The van der Waals surface area contributed by atoms with Gasteiger partial charge in [-0.15, -0.1) is 0 Å². The number of fused-ring (bicyclic) bond motifs is 1. The molecule has 2 aliphatic heterocycles. The van der Waals surface area contributed by atoms with Crippen LogP contribution in [0.4, 0.5) is 5.82 Å². The molecule has 2 amide bonds. The zero-order valence-electron chi connectivity index (χ0n) is 19.5. The van der Waals surface area contributed by atoms with Gasteiger partial charge in [0.15, 0.2) is 0 Å². The normalized spacial score (nSPS) is 22.0. The van der Waals surface area contributed by atoms with Crippen molar-refractivity contribution in [3.8, 4) is 17.3 Å². The molecule has 3 atom stereocenters. The largest absolute Gasteiger partial charge is 0.353 e. The van der Waals surface area contributed by atoms with E-state index in [1.54, 1.807) is 18.2 Å². The van der Waals surface area contributed by atoms with Gasteiger partial charge in [0.1, 0.15) is 5.82 Å². The number of nitrogens with one attached hydrogen (secondary N) is 3. The van der Waals surface area contributed by atoms with E-state index in [1.807, 2.05) is 24.1 Å². The highest BCUT2D eigenvalue weighted by atomic mass is 16.2. The maximum Gasteiger partial charge on any atom is 0.251 e. The van der Waals surface area contributed by atoms with Crippen LogP contribution in [-0.2, 0) is 11.3 Å². The van der Waals surface area contributed by atoms with E-state index in [-0.39, 0.29) is 35.7 Å². The summed E-state index contributed by atoms with van der Waals surface area (Å²) in [7, 11) is 0. The summed E-state index contributed by atoms with van der Waals surface area (Å²) >= 11 is 0. The van der Waals surface area contributed by atoms with Gasteiger partial charge in [-0.1, -0.05) is 19.1 Å². The number of hydrazine groups is 1. The minimum Gasteiger partial charge on any atom is -0.353 e. The summed E-state index contributed by atoms with van der Waals surface area (Å²) in [5, 5.41) is 17.0. The van der Waals surface area contributed by atoms with Crippen molar-refractivity contribution in [1.82, 2.24) is 21.0 Å². The van der Waals surface area contributed by atoms with Gasteiger partial charge in [0, 0.05) is 41.9 Å². The van der Waals surface area contributed by atoms with Gasteiger partial charge in [-0.25, -0.2) is 10.4 Å². The number of benzene rings is 1. The highest BCUT2D eigenvalue weighted by molar-refractivity contribution is 5.98. The van der Waals surface area contributed by atoms with Crippen LogP contribution in [0, 0.1) is 23.2 Å². The smallest absolute Gasteiger partial charge is 0.251 e. The molecule has 4 rings (SSSR count). The number of pyridine rings is 1. The van der Waals surface area contributed by atoms with Crippen LogP contribution in [0.3, 0.4) is 0 Å². The predicted molar refractivity (Wildman–Crippen MR) is 126 cm³/mol. The zero-order valence-corrected chi connectivity index (χ0v) is 19.5. The Morgan fingerprint density at radius 2 is 2.03 bits per heavy atom. The number of nitrogens with zero attached hydrogens (tertiary/aromatic N) is 3. The van der Waals surface area contributed by atoms with Crippen molar-refractivity contribution in [2.24, 2.45) is 11.8 Å². The van der Waals surface area contributed by atoms with Crippen molar-refractivity contribution < 1.29 is 9.59 Å². The number of carbonyl (C=O) groups excluding carboxylic acids is 2. The van der Waals surface area contributed by atoms with Gasteiger partial charge < -0.3 is 10.6 Å². The summed E-state index contributed by atoms with van der Waals surface area (Å²) in [6.07, 6.45) is 0.896. The summed E-state index contributed by atoms with van der Waals surface area (Å²) in [6, 6.07) is 11.4. The number of hydrogen-bond acceptors (Lipinski definition) is 6. The summed E-state index contributed by atoms with van der Waals surface area (Å²) < 4.78 is 0. The lowest BCUT2D eigenvalue weighted by Gasteiger charge is -2.32. The van der Waals surface area contributed by atoms with E-state index < -0.39 is 0 Å². The Morgan fingerprint density at radius 1 is 1.30 bits per heavy atom. The van der Waals surface area contributed by atoms with E-state index in [9.17, 15) is 9.59 Å². The second-order valence-corrected chi connectivity index (χ2v) is 9.28. The molecule has 2 aromatic rings. The Balaban J connectivity index is 1.64. The fourth-order valence-electron chi connectivity index (χ4n) is 4.64. The van der Waals surface area contributed by atoms with E-state index in [2.05, 4.69) is 42.9 Å². The van der Waals surface area contributed by atoms with Gasteiger partial charge in [0.2, 0.25) is 5.91 Å². The first-order chi connectivity index (χ1) is 15.8. The summed E-state index contributed by atoms with van der Waals surface area (Å²) in [6.45, 7) is 8.98. The quantitative estimate of drug-likeness (QED) is 0.651. The average Bonchev–Trinajstić information content (AvgIpc) is 3.22. The molecule has 8 nitrogen and oxygen atoms in total. The molecule has 172 valence electrons. The van der Waals surface area contributed by atoms with Crippen molar-refractivity contribution in [3.63, 3.8) is 0 Å². The molecule has 1 saturated heterocycles. The zero-order chi connectivity index (χ0) is 23.7. The van der Waals surface area contributed by atoms with Gasteiger partial charge in [-0.3, -0.25) is 14.6 Å². The molecule has 0 radical (unpaired) electrons. The minimum atomic E-state index is -0.247. The van der Waals surface area contributed by atoms with Crippen LogP contribution in [0.1, 0.15) is 55.6 Å². The van der Waals surface area contributed by atoms with Crippen LogP contribution >= 0.6 is 0 Å². The maximum absolute atomic E-state index is 13.3. The number of amides is 2. The summed E-state index contributed by atoms with van der Waals surface area (Å²) in [4.78, 5) is 30.6. The van der Waals surface area contributed by atoms with Crippen LogP contribution in [0.5, 0.6) is 0 Å². The van der Waals surface area contributed by atoms with Crippen molar-refractivity contribution >= 4 is 17.6 Å². The van der Waals surface area contributed by atoms with Gasteiger partial charge in [-0.2, -0.15) is 5.26 Å². The fraction of sp³-hybridized carbons (Fsp3) is 0.440. The van der Waals surface area contributed by atoms with E-state index in [4.69, 9.17) is 10.2 Å². The molecule has 0 saturated carbocycles. The number of rotatable bonds is 5. The average molecular weight is 447 g/mol. The number of carbonyl (C=O) groups is 2. The molecule has 1 fully saturated rings. The first kappa shape index (κ1) is 22.7. The first-order valence-electron chi connectivity index (χ1n) is 11.4. The molecule has 3 N–H and O–H groups in total. The first-order valence-corrected chi connectivity index (χ1v) is 11.4. The third-order valence-corrected chi connectivity index (χ3v) is 6.45. The van der Waals surface area contributed by atoms with Crippen molar-refractivity contribution in [2.75, 3.05) is 11.6 Å². The second-order valence-electron chi connectivity index (χ2n) is 9.28. The van der Waals surface area contributed by atoms with Crippen LogP contribution in [0.2, 0.25) is 0 Å². The molecule has 0 spiro atoms. The van der Waals surface area contributed by atoms with Gasteiger partial charge in [0.05, 0.1) is 23.2 Å². The summed E-state index contributed by atoms with van der Waals surface area (Å²) in [5.41, 5.74) is 6.77. The molecule has 1 aromatic carbocycles. The van der Waals surface area contributed by atoms with Crippen LogP contribution in [0.25, 0.3) is 11.3 Å². The fourth-order valence-corrected chi connectivity index (χ4v) is 4.64. The van der Waals surface area contributed by atoms with Gasteiger partial charge in [0.25, 0.3) is 5.91 Å². The predicted octanol–water partition coefficient (Wildman–Crippen LogP) is 2.74. The van der Waals surface area contributed by atoms with Crippen molar-refractivity contribution in [1.29, 1.82) is 5.26 Å². The molecule has 1 aromatic heterocycles. The SMILES string of the molecule is CC1CC(C)C(CNC(=O)c2cc(-c3ccc(C#N)cc3)nc3c2CNN3C(C)C)C(=O)N1. The Kier molecular flexibility index (Phi) is 6.34. The molecule has 8 heteroatoms. The topological polar surface area (TPSA) is 110 Å². The van der Waals surface area contributed by atoms with Crippen LogP contribution in [0.15, 0.2) is 30.3 Å². The molecule has 2 aliphatic rings. The van der Waals surface area contributed by atoms with Gasteiger partial charge >= 0.3 is 0 Å². The highest BCUT2D eigenvalue weighted by Crippen LogP contribution is 2.32. The van der Waals surface area contributed by atoms with E-state index in [0.717, 1.165) is 23.4 Å². The molecule has 3 unspecified atom stereocenters. The lowest BCUT2D eigenvalue weighted by Crippen LogP contribution is -2.50. The highest BCUT2D eigenvalue weighted by Gasteiger charge is 2.33. The molecule has 0 bridgehead atoms. The molecule has 3 heterocycles. The third kappa shape index (κ3) is 4.55. The number of hydrogen-bond donors (Lipinski definition) is 3. The van der Waals surface area contributed by atoms with E-state index >= 15 is 0 Å². The maximum atomic E-state index is 13.3. The van der Waals surface area contributed by atoms with Crippen molar-refractivity contribution in [3.05, 3.63) is 47.0 Å². The van der Waals surface area contributed by atoms with E-state index in [0.29, 0.717) is 29.9 Å². The number of anilines is 1. The van der Waals surface area contributed by atoms with Crippen LogP contribution < -0.4 is 21.1 Å². The minimum absolute atomic E-state index is 0.00701. The monoisotopic (exact) mass is 446 g/mol. The molecular formula is C25H30N6O2. The Bertz CT molecular complexity index is 1110. The van der Waals surface area contributed by atoms with Crippen LogP contribution in [-0.4, -0.2) is 35.4 Å². The van der Waals surface area contributed by atoms with Gasteiger partial charge in [-0.05, 0) is 51.3 Å². The lowest BCUT2D eigenvalue weighted by molar-refractivity contribution is -0.129. The molecule has 0 aliphatic carbocycles. The third-order valence-electron chi connectivity index (χ3n) is 6.45. The summed E-state index contributed by atoms with van der Waals surface area (Å²) in [5.74, 6) is 0.462. The Hall–Kier alpha value is -3.44. The van der Waals surface area contributed by atoms with E-state index in [1.165, 1.54) is 0 Å². The van der Waals surface area contributed by atoms with Crippen molar-refractivity contribution in [2.45, 2.75) is 52.7 Å². The Morgan fingerprint density at radius 3 is 2.67 bits per heavy atom. The second kappa shape index (κ2) is 9.20. The number of piperidine rings is 1. The Labute approximate surface area is 194 Å². The molecular weight excluding hydrogens is 416 g/mol. The number of aromatic nitrogens is 1. The lowest BCUT2D eigenvalue weighted by atomic mass is 9.84. The molecule has 33 heavy (non-hydrogen) atoms.